The number of H-pyrrole nitrogens is 1. The molecule has 27 heavy (non-hydrogen) atoms. The first-order valence-corrected chi connectivity index (χ1v) is 9.88. The summed E-state index contributed by atoms with van der Waals surface area (Å²) in [5.74, 6) is -1.01. The number of aromatic nitrogens is 2. The van der Waals surface area contributed by atoms with Gasteiger partial charge in [-0.25, -0.2) is 9.59 Å². The van der Waals surface area contributed by atoms with Crippen molar-refractivity contribution in [3.8, 4) is 0 Å². The highest BCUT2D eigenvalue weighted by molar-refractivity contribution is 7.52. The number of ether oxygens (including phenoxy) is 2. The van der Waals surface area contributed by atoms with Crippen LogP contribution in [0.15, 0.2) is 21.9 Å². The highest BCUT2D eigenvalue weighted by atomic mass is 31.2. The Balaban J connectivity index is 1.94. The second kappa shape index (κ2) is 8.91. The lowest BCUT2D eigenvalue weighted by atomic mass is 10.1. The number of carbonyl (C=O) groups excluding carboxylic acids is 1. The zero-order chi connectivity index (χ0) is 20.2. The van der Waals surface area contributed by atoms with Crippen molar-refractivity contribution in [2.45, 2.75) is 37.9 Å². The molecule has 1 fully saturated rings. The molecule has 2 heterocycles. The first-order valence-electron chi connectivity index (χ1n) is 8.12. The molecule has 0 bridgehead atoms. The van der Waals surface area contributed by atoms with Gasteiger partial charge < -0.3 is 29.1 Å². The lowest BCUT2D eigenvalue weighted by molar-refractivity contribution is -0.162. The van der Waals surface area contributed by atoms with Gasteiger partial charge in [-0.3, -0.25) is 18.9 Å². The molecule has 2 rings (SSSR count). The zero-order valence-corrected chi connectivity index (χ0v) is 15.3. The molecule has 5 atom stereocenters. The molecule has 0 aliphatic carbocycles. The van der Waals surface area contributed by atoms with Crippen LogP contribution in [-0.2, 0) is 23.4 Å². The standard InChI is InChI=1S/C14H21N2O10P/c1-2-25-27(22,23)7-3-6-24-13(20)11-9(18)10(19)12(26-11)16-5-4-8(17)15-14(16)21/h4-5,9-12,18-19H,2-3,6-7H2,1H3,(H,22,23)(H,15,17,21)/t9-,10+,11-,12+/m0/s1. The van der Waals surface area contributed by atoms with Crippen molar-refractivity contribution in [1.82, 2.24) is 9.55 Å². The van der Waals surface area contributed by atoms with E-state index in [0.29, 0.717) is 0 Å². The van der Waals surface area contributed by atoms with E-state index in [4.69, 9.17) is 9.47 Å². The summed E-state index contributed by atoms with van der Waals surface area (Å²) in [6.07, 6.45) is -5.40. The van der Waals surface area contributed by atoms with E-state index in [9.17, 15) is 34.1 Å². The molecule has 0 saturated carbocycles. The van der Waals surface area contributed by atoms with E-state index >= 15 is 0 Å². The van der Waals surface area contributed by atoms with Crippen LogP contribution in [0.3, 0.4) is 0 Å². The Bertz CT molecular complexity index is 821. The van der Waals surface area contributed by atoms with Crippen LogP contribution in [0.25, 0.3) is 0 Å². The first kappa shape index (κ1) is 21.5. The maximum absolute atomic E-state index is 12.0. The maximum Gasteiger partial charge on any atom is 0.338 e. The zero-order valence-electron chi connectivity index (χ0n) is 14.4. The minimum absolute atomic E-state index is 0.0354. The highest BCUT2D eigenvalue weighted by Crippen LogP contribution is 2.42. The third kappa shape index (κ3) is 5.34. The number of carbonyl (C=O) groups is 1. The van der Waals surface area contributed by atoms with Gasteiger partial charge in [-0.05, 0) is 13.3 Å². The smallest absolute Gasteiger partial charge is 0.338 e. The van der Waals surface area contributed by atoms with E-state index in [1.54, 1.807) is 6.92 Å². The predicted molar refractivity (Wildman–Crippen MR) is 89.1 cm³/mol. The molecule has 1 aromatic rings. The number of nitrogens with one attached hydrogen (secondary N) is 1. The Kier molecular flexibility index (Phi) is 7.09. The van der Waals surface area contributed by atoms with E-state index in [1.165, 1.54) is 0 Å². The summed E-state index contributed by atoms with van der Waals surface area (Å²) in [5.41, 5.74) is -1.55. The average molecular weight is 408 g/mol. The minimum atomic E-state index is -3.74. The van der Waals surface area contributed by atoms with Crippen LogP contribution in [0.4, 0.5) is 0 Å². The molecule has 0 amide bonds. The summed E-state index contributed by atoms with van der Waals surface area (Å²) in [6, 6.07) is 1.01. The fourth-order valence-corrected chi connectivity index (χ4v) is 3.56. The van der Waals surface area contributed by atoms with Gasteiger partial charge in [0.1, 0.15) is 12.2 Å². The van der Waals surface area contributed by atoms with Crippen LogP contribution in [0.5, 0.6) is 0 Å². The summed E-state index contributed by atoms with van der Waals surface area (Å²) in [5, 5.41) is 20.0. The lowest BCUT2D eigenvalue weighted by Gasteiger charge is -2.16. The number of aliphatic hydroxyl groups excluding tert-OH is 2. The van der Waals surface area contributed by atoms with Crippen LogP contribution in [0, 0.1) is 0 Å². The van der Waals surface area contributed by atoms with E-state index in [0.717, 1.165) is 16.8 Å². The van der Waals surface area contributed by atoms with Crippen molar-refractivity contribution >= 4 is 13.6 Å². The molecular formula is C14H21N2O10P. The second-order valence-electron chi connectivity index (χ2n) is 5.75. The summed E-state index contributed by atoms with van der Waals surface area (Å²) < 4.78 is 27.1. The molecule has 0 radical (unpaired) electrons. The molecule has 13 heteroatoms. The second-order valence-corrected chi connectivity index (χ2v) is 7.73. The number of hydrogen-bond acceptors (Lipinski definition) is 9. The lowest BCUT2D eigenvalue weighted by Crippen LogP contribution is -2.38. The molecule has 0 spiro atoms. The van der Waals surface area contributed by atoms with Crippen LogP contribution < -0.4 is 11.2 Å². The first-order chi connectivity index (χ1) is 12.7. The SMILES string of the molecule is CCOP(=O)(O)CCCOC(=O)[C@H]1O[C@@H](n2ccc(=O)[nH]c2=O)[C@H](O)[C@@H]1O. The van der Waals surface area contributed by atoms with Crippen LogP contribution in [-0.4, -0.2) is 68.3 Å². The number of aromatic amines is 1. The molecule has 0 aromatic carbocycles. The van der Waals surface area contributed by atoms with Gasteiger partial charge >= 0.3 is 19.3 Å². The van der Waals surface area contributed by atoms with Crippen LogP contribution in [0.2, 0.25) is 0 Å². The van der Waals surface area contributed by atoms with E-state index in [1.807, 2.05) is 4.98 Å². The highest BCUT2D eigenvalue weighted by Gasteiger charge is 2.48. The van der Waals surface area contributed by atoms with Gasteiger partial charge in [0.05, 0.1) is 19.4 Å². The van der Waals surface area contributed by atoms with Gasteiger partial charge in [0, 0.05) is 12.3 Å². The summed E-state index contributed by atoms with van der Waals surface area (Å²) >= 11 is 0. The molecule has 4 N–H and O–H groups in total. The molecule has 12 nitrogen and oxygen atoms in total. The Morgan fingerprint density at radius 3 is 2.70 bits per heavy atom. The van der Waals surface area contributed by atoms with Gasteiger partial charge in [0.2, 0.25) is 0 Å². The van der Waals surface area contributed by atoms with E-state index < -0.39 is 49.4 Å². The van der Waals surface area contributed by atoms with Gasteiger partial charge in [0.25, 0.3) is 5.56 Å². The van der Waals surface area contributed by atoms with Gasteiger partial charge in [-0.2, -0.15) is 0 Å². The molecule has 1 aliphatic heterocycles. The third-order valence-corrected chi connectivity index (χ3v) is 5.30. The third-order valence-electron chi connectivity index (χ3n) is 3.76. The Hall–Kier alpha value is -1.82. The number of esters is 1. The molecular weight excluding hydrogens is 387 g/mol. The monoisotopic (exact) mass is 408 g/mol. The number of rotatable bonds is 8. The normalized spacial score (nSPS) is 27.3. The van der Waals surface area contributed by atoms with Crippen molar-refractivity contribution in [3.63, 3.8) is 0 Å². The quantitative estimate of drug-likeness (QED) is 0.220. The molecule has 1 aromatic heterocycles. The van der Waals surface area contributed by atoms with Crippen molar-refractivity contribution in [3.05, 3.63) is 33.1 Å². The number of aliphatic hydroxyl groups is 2. The van der Waals surface area contributed by atoms with Gasteiger partial charge in [0.15, 0.2) is 12.3 Å². The van der Waals surface area contributed by atoms with Crippen molar-refractivity contribution in [2.24, 2.45) is 0 Å². The average Bonchev–Trinajstić information content (AvgIpc) is 2.87. The van der Waals surface area contributed by atoms with E-state index in [2.05, 4.69) is 4.52 Å². The Labute approximate surface area is 152 Å². The number of nitrogens with zero attached hydrogens (tertiary/aromatic N) is 1. The fourth-order valence-electron chi connectivity index (χ4n) is 2.50. The number of hydrogen-bond donors (Lipinski definition) is 4. The van der Waals surface area contributed by atoms with Crippen molar-refractivity contribution in [2.75, 3.05) is 19.4 Å². The molecule has 1 aliphatic rings. The largest absolute Gasteiger partial charge is 0.464 e. The van der Waals surface area contributed by atoms with Crippen LogP contribution >= 0.6 is 7.60 Å². The molecule has 1 saturated heterocycles. The van der Waals surface area contributed by atoms with Crippen molar-refractivity contribution < 1.29 is 38.5 Å². The summed E-state index contributed by atoms with van der Waals surface area (Å²) in [6.45, 7) is 1.40. The summed E-state index contributed by atoms with van der Waals surface area (Å²) in [4.78, 5) is 46.3. The van der Waals surface area contributed by atoms with Crippen molar-refractivity contribution in [1.29, 1.82) is 0 Å². The maximum atomic E-state index is 12.0. The molecule has 152 valence electrons. The Morgan fingerprint density at radius 1 is 1.37 bits per heavy atom. The van der Waals surface area contributed by atoms with Crippen LogP contribution in [0.1, 0.15) is 19.6 Å². The van der Waals surface area contributed by atoms with Gasteiger partial charge in [-0.15, -0.1) is 0 Å². The Morgan fingerprint density at radius 2 is 2.07 bits per heavy atom. The topological polar surface area (TPSA) is 177 Å². The van der Waals surface area contributed by atoms with E-state index in [-0.39, 0.29) is 25.8 Å². The van der Waals surface area contributed by atoms with Gasteiger partial charge in [-0.1, -0.05) is 0 Å². The summed E-state index contributed by atoms with van der Waals surface area (Å²) in [7, 11) is -3.74. The minimum Gasteiger partial charge on any atom is -0.464 e. The fraction of sp³-hybridized carbons (Fsp3) is 0.643. The molecule has 1 unspecified atom stereocenters. The predicted octanol–water partition coefficient (Wildman–Crippen LogP) is -1.69.